The number of hydrogen-bond donors (Lipinski definition) is 1. The Balaban J connectivity index is 1.64. The summed E-state index contributed by atoms with van der Waals surface area (Å²) in [6.07, 6.45) is 5.91. The van der Waals surface area contributed by atoms with Crippen LogP contribution in [0.2, 0.25) is 0 Å². The van der Waals surface area contributed by atoms with Gasteiger partial charge in [-0.15, -0.1) is 0 Å². The topological polar surface area (TPSA) is 50.2 Å². The number of imidazole rings is 1. The second-order valence-electron chi connectivity index (χ2n) is 5.38. The van der Waals surface area contributed by atoms with Crippen molar-refractivity contribution in [1.29, 1.82) is 0 Å². The average molecular weight is 248 g/mol. The lowest BCUT2D eigenvalue weighted by atomic mass is 9.94. The molecule has 1 saturated heterocycles. The van der Waals surface area contributed by atoms with Gasteiger partial charge in [-0.2, -0.15) is 0 Å². The van der Waals surface area contributed by atoms with Gasteiger partial charge in [0.25, 0.3) is 0 Å². The van der Waals surface area contributed by atoms with Crippen LogP contribution in [0.1, 0.15) is 25.6 Å². The van der Waals surface area contributed by atoms with Crippen LogP contribution in [0.5, 0.6) is 0 Å². The number of amides is 1. The number of rotatable bonds is 1. The molecule has 1 aromatic rings. The molecule has 2 unspecified atom stereocenters. The van der Waals surface area contributed by atoms with Crippen LogP contribution in [-0.2, 0) is 17.9 Å². The molecule has 1 aromatic heterocycles. The van der Waals surface area contributed by atoms with E-state index in [9.17, 15) is 4.79 Å². The minimum atomic E-state index is 0.155. The molecule has 0 spiro atoms. The Kier molecular flexibility index (Phi) is 3.07. The van der Waals surface area contributed by atoms with Crippen molar-refractivity contribution >= 4 is 5.91 Å². The van der Waals surface area contributed by atoms with Gasteiger partial charge in [0.05, 0.1) is 12.5 Å². The van der Waals surface area contributed by atoms with Gasteiger partial charge in [-0.05, 0) is 19.8 Å². The molecule has 1 fully saturated rings. The van der Waals surface area contributed by atoms with E-state index in [-0.39, 0.29) is 5.92 Å². The molecule has 0 bridgehead atoms. The van der Waals surface area contributed by atoms with E-state index >= 15 is 0 Å². The maximum atomic E-state index is 12.4. The van der Waals surface area contributed by atoms with E-state index in [0.29, 0.717) is 18.5 Å². The van der Waals surface area contributed by atoms with Gasteiger partial charge in [0.15, 0.2) is 0 Å². The van der Waals surface area contributed by atoms with Gasteiger partial charge in [0, 0.05) is 38.1 Å². The van der Waals surface area contributed by atoms with Gasteiger partial charge in [-0.25, -0.2) is 4.98 Å². The Labute approximate surface area is 107 Å². The molecular weight excluding hydrogens is 228 g/mol. The Morgan fingerprint density at radius 3 is 3.11 bits per heavy atom. The number of nitrogens with one attached hydrogen (secondary N) is 1. The third kappa shape index (κ3) is 2.14. The van der Waals surface area contributed by atoms with Gasteiger partial charge in [0.2, 0.25) is 5.91 Å². The fourth-order valence-electron chi connectivity index (χ4n) is 2.83. The van der Waals surface area contributed by atoms with Crippen molar-refractivity contribution in [3.63, 3.8) is 0 Å². The van der Waals surface area contributed by atoms with E-state index in [4.69, 9.17) is 0 Å². The Bertz CT molecular complexity index is 434. The quantitative estimate of drug-likeness (QED) is 0.792. The van der Waals surface area contributed by atoms with Gasteiger partial charge >= 0.3 is 0 Å². The maximum absolute atomic E-state index is 12.4. The van der Waals surface area contributed by atoms with Crippen molar-refractivity contribution in [3.05, 3.63) is 18.2 Å². The van der Waals surface area contributed by atoms with Crippen molar-refractivity contribution < 1.29 is 4.79 Å². The van der Waals surface area contributed by atoms with Crippen molar-refractivity contribution in [2.75, 3.05) is 13.1 Å². The molecule has 0 aromatic carbocycles. The second kappa shape index (κ2) is 4.72. The second-order valence-corrected chi connectivity index (χ2v) is 5.38. The summed E-state index contributed by atoms with van der Waals surface area (Å²) in [5.74, 6) is 1.46. The van der Waals surface area contributed by atoms with Crippen LogP contribution >= 0.6 is 0 Å². The summed E-state index contributed by atoms with van der Waals surface area (Å²) in [5, 5.41) is 3.40. The number of aromatic nitrogens is 2. The van der Waals surface area contributed by atoms with Crippen LogP contribution in [0.15, 0.2) is 12.4 Å². The van der Waals surface area contributed by atoms with Crippen molar-refractivity contribution in [2.24, 2.45) is 5.92 Å². The largest absolute Gasteiger partial charge is 0.333 e. The first-order valence-corrected chi connectivity index (χ1v) is 6.76. The van der Waals surface area contributed by atoms with Crippen LogP contribution in [0, 0.1) is 5.92 Å². The van der Waals surface area contributed by atoms with Gasteiger partial charge in [0.1, 0.15) is 5.82 Å². The van der Waals surface area contributed by atoms with Crippen molar-refractivity contribution in [1.82, 2.24) is 19.8 Å². The number of fused-ring (bicyclic) bond motifs is 1. The van der Waals surface area contributed by atoms with E-state index in [1.54, 1.807) is 0 Å². The summed E-state index contributed by atoms with van der Waals surface area (Å²) in [5.41, 5.74) is 0. The molecule has 5 nitrogen and oxygen atoms in total. The predicted molar refractivity (Wildman–Crippen MR) is 67.8 cm³/mol. The Hall–Kier alpha value is -1.36. The van der Waals surface area contributed by atoms with Gasteiger partial charge in [-0.3, -0.25) is 4.79 Å². The molecular formula is C13H20N4O. The number of nitrogens with zero attached hydrogens (tertiary/aromatic N) is 3. The summed E-state index contributed by atoms with van der Waals surface area (Å²) in [7, 11) is 0. The number of carbonyl (C=O) groups is 1. The zero-order valence-electron chi connectivity index (χ0n) is 10.8. The maximum Gasteiger partial charge on any atom is 0.227 e. The minimum absolute atomic E-state index is 0.155. The standard InChI is InChI=1S/C13H20N4O/c1-10-2-3-11(8-15-10)13(18)17-7-6-16-5-4-14-12(16)9-17/h4-5,10-11,15H,2-3,6-9H2,1H3. The predicted octanol–water partition coefficient (Wildman–Crippen LogP) is 0.613. The highest BCUT2D eigenvalue weighted by Crippen LogP contribution is 2.19. The van der Waals surface area contributed by atoms with E-state index in [1.165, 1.54) is 0 Å². The van der Waals surface area contributed by atoms with Crippen LogP contribution in [0.3, 0.4) is 0 Å². The molecule has 3 rings (SSSR count). The molecule has 3 heterocycles. The summed E-state index contributed by atoms with van der Waals surface area (Å²) < 4.78 is 2.13. The van der Waals surface area contributed by atoms with Gasteiger partial charge < -0.3 is 14.8 Å². The molecule has 2 atom stereocenters. The first kappa shape index (κ1) is 11.7. The highest BCUT2D eigenvalue weighted by Gasteiger charge is 2.29. The Morgan fingerprint density at radius 2 is 2.33 bits per heavy atom. The lowest BCUT2D eigenvalue weighted by molar-refractivity contribution is -0.137. The van der Waals surface area contributed by atoms with Gasteiger partial charge in [-0.1, -0.05) is 0 Å². The number of carbonyl (C=O) groups excluding carboxylic acids is 1. The molecule has 2 aliphatic rings. The zero-order chi connectivity index (χ0) is 12.5. The molecule has 5 heteroatoms. The monoisotopic (exact) mass is 248 g/mol. The van der Waals surface area contributed by atoms with Crippen molar-refractivity contribution in [2.45, 2.75) is 38.9 Å². The average Bonchev–Trinajstić information content (AvgIpc) is 2.86. The molecule has 98 valence electrons. The smallest absolute Gasteiger partial charge is 0.227 e. The van der Waals surface area contributed by atoms with Crippen LogP contribution in [0.25, 0.3) is 0 Å². The van der Waals surface area contributed by atoms with Crippen LogP contribution in [0.4, 0.5) is 0 Å². The lowest BCUT2D eigenvalue weighted by Gasteiger charge is -2.34. The molecule has 0 saturated carbocycles. The van der Waals surface area contributed by atoms with E-state index in [2.05, 4.69) is 21.8 Å². The highest BCUT2D eigenvalue weighted by molar-refractivity contribution is 5.79. The van der Waals surface area contributed by atoms with Crippen LogP contribution < -0.4 is 5.32 Å². The molecule has 0 radical (unpaired) electrons. The number of piperidine rings is 1. The third-order valence-corrected chi connectivity index (χ3v) is 4.07. The van der Waals surface area contributed by atoms with E-state index < -0.39 is 0 Å². The fourth-order valence-corrected chi connectivity index (χ4v) is 2.83. The molecule has 18 heavy (non-hydrogen) atoms. The third-order valence-electron chi connectivity index (χ3n) is 4.07. The molecule has 2 aliphatic heterocycles. The zero-order valence-corrected chi connectivity index (χ0v) is 10.8. The van der Waals surface area contributed by atoms with E-state index in [1.807, 2.05) is 17.3 Å². The summed E-state index contributed by atoms with van der Waals surface area (Å²) in [6, 6.07) is 0.550. The molecule has 1 amide bonds. The lowest BCUT2D eigenvalue weighted by Crippen LogP contribution is -2.47. The molecule has 0 aliphatic carbocycles. The van der Waals surface area contributed by atoms with Crippen molar-refractivity contribution in [3.8, 4) is 0 Å². The summed E-state index contributed by atoms with van der Waals surface area (Å²) in [6.45, 7) is 5.35. The minimum Gasteiger partial charge on any atom is -0.333 e. The van der Waals surface area contributed by atoms with E-state index in [0.717, 1.165) is 38.3 Å². The summed E-state index contributed by atoms with van der Waals surface area (Å²) >= 11 is 0. The van der Waals surface area contributed by atoms with Crippen LogP contribution in [-0.4, -0.2) is 39.5 Å². The first-order valence-electron chi connectivity index (χ1n) is 6.76. The molecule has 1 N–H and O–H groups in total. The first-order chi connectivity index (χ1) is 8.74. The fraction of sp³-hybridized carbons (Fsp3) is 0.692. The SMILES string of the molecule is CC1CCC(C(=O)N2CCn3ccnc3C2)CN1. The summed E-state index contributed by atoms with van der Waals surface area (Å²) in [4.78, 5) is 18.7. The Morgan fingerprint density at radius 1 is 1.44 bits per heavy atom. The normalized spacial score (nSPS) is 27.9. The highest BCUT2D eigenvalue weighted by atomic mass is 16.2. The number of hydrogen-bond acceptors (Lipinski definition) is 3.